The van der Waals surface area contributed by atoms with Crippen LogP contribution < -0.4 is 10.6 Å². The van der Waals surface area contributed by atoms with Crippen LogP contribution in [0.4, 0.5) is 5.13 Å². The topological polar surface area (TPSA) is 74.3 Å². The summed E-state index contributed by atoms with van der Waals surface area (Å²) in [5.41, 5.74) is 2.29. The number of benzene rings is 1. The van der Waals surface area contributed by atoms with Crippen LogP contribution in [0.25, 0.3) is 0 Å². The van der Waals surface area contributed by atoms with Crippen LogP contribution in [0.2, 0.25) is 4.34 Å². The zero-order valence-electron chi connectivity index (χ0n) is 16.1. The minimum atomic E-state index is -0.228. The summed E-state index contributed by atoms with van der Waals surface area (Å²) in [6, 6.07) is 10.6. The molecule has 0 atom stereocenters. The number of halogens is 2. The summed E-state index contributed by atoms with van der Waals surface area (Å²) in [4.78, 5) is 33.7. The lowest BCUT2D eigenvalue weighted by molar-refractivity contribution is 0.0951. The largest absolute Gasteiger partial charge is 0.347 e. The number of fused-ring (bicyclic) bond motifs is 1. The molecule has 0 fully saturated rings. The maximum atomic E-state index is 12.8. The van der Waals surface area contributed by atoms with Crippen LogP contribution in [0, 0.1) is 0 Å². The first kappa shape index (κ1) is 22.7. The molecule has 10 heteroatoms. The van der Waals surface area contributed by atoms with Crippen molar-refractivity contribution in [3.05, 3.63) is 67.3 Å². The van der Waals surface area contributed by atoms with Crippen LogP contribution in [0.15, 0.2) is 36.4 Å². The van der Waals surface area contributed by atoms with Crippen LogP contribution >= 0.6 is 46.7 Å². The highest BCUT2D eigenvalue weighted by Crippen LogP contribution is 2.28. The van der Waals surface area contributed by atoms with Crippen molar-refractivity contribution in [2.24, 2.45) is 0 Å². The number of thiazole rings is 1. The third kappa shape index (κ3) is 5.19. The van der Waals surface area contributed by atoms with Gasteiger partial charge in [0.15, 0.2) is 5.13 Å². The molecule has 4 rings (SSSR count). The van der Waals surface area contributed by atoms with E-state index in [-0.39, 0.29) is 30.8 Å². The summed E-state index contributed by atoms with van der Waals surface area (Å²) in [7, 11) is 2.06. The van der Waals surface area contributed by atoms with Gasteiger partial charge in [-0.05, 0) is 37.2 Å². The Kier molecular flexibility index (Phi) is 7.49. The number of hydrogen-bond donors (Lipinski definition) is 2. The Morgan fingerprint density at radius 3 is 2.73 bits per heavy atom. The number of aromatic nitrogens is 1. The van der Waals surface area contributed by atoms with Crippen molar-refractivity contribution in [1.82, 2.24) is 15.2 Å². The Morgan fingerprint density at radius 2 is 1.97 bits per heavy atom. The van der Waals surface area contributed by atoms with Crippen LogP contribution in [0.3, 0.4) is 0 Å². The molecule has 6 nitrogen and oxygen atoms in total. The first-order valence-corrected chi connectivity index (χ1v) is 11.1. The number of amides is 2. The Bertz CT molecular complexity index is 1070. The van der Waals surface area contributed by atoms with E-state index in [1.807, 2.05) is 12.1 Å². The molecule has 158 valence electrons. The van der Waals surface area contributed by atoms with Crippen molar-refractivity contribution in [3.8, 4) is 0 Å². The molecular weight excluding hydrogens is 463 g/mol. The summed E-state index contributed by atoms with van der Waals surface area (Å²) in [5, 5.41) is 6.38. The molecular formula is C20H20Cl2N4O2S2. The Morgan fingerprint density at radius 1 is 1.17 bits per heavy atom. The highest BCUT2D eigenvalue weighted by Gasteiger charge is 2.20. The lowest BCUT2D eigenvalue weighted by Gasteiger charge is -2.20. The molecule has 2 amide bonds. The Balaban J connectivity index is 0.00000256. The molecule has 0 aliphatic carbocycles. The van der Waals surface area contributed by atoms with Crippen LogP contribution in [-0.2, 0) is 19.5 Å². The predicted octanol–water partition coefficient (Wildman–Crippen LogP) is 4.45. The van der Waals surface area contributed by atoms with Crippen molar-refractivity contribution in [2.45, 2.75) is 19.5 Å². The van der Waals surface area contributed by atoms with Crippen molar-refractivity contribution in [1.29, 1.82) is 0 Å². The van der Waals surface area contributed by atoms with Gasteiger partial charge in [0.2, 0.25) is 0 Å². The average molecular weight is 483 g/mol. The first-order chi connectivity index (χ1) is 14.0. The molecule has 1 aromatic carbocycles. The van der Waals surface area contributed by atoms with Gasteiger partial charge in [0.25, 0.3) is 11.8 Å². The molecule has 0 saturated carbocycles. The molecule has 1 aliphatic heterocycles. The quantitative estimate of drug-likeness (QED) is 0.563. The van der Waals surface area contributed by atoms with Gasteiger partial charge in [-0.25, -0.2) is 4.98 Å². The third-order valence-electron chi connectivity index (χ3n) is 4.64. The van der Waals surface area contributed by atoms with Gasteiger partial charge in [-0.15, -0.1) is 35.1 Å². The highest BCUT2D eigenvalue weighted by molar-refractivity contribution is 7.18. The fourth-order valence-corrected chi connectivity index (χ4v) is 5.06. The second-order valence-corrected chi connectivity index (χ2v) is 9.57. The molecule has 0 radical (unpaired) electrons. The van der Waals surface area contributed by atoms with E-state index in [0.717, 1.165) is 30.8 Å². The monoisotopic (exact) mass is 482 g/mol. The fraction of sp³-hybridized carbons (Fsp3) is 0.250. The van der Waals surface area contributed by atoms with Gasteiger partial charge in [0.1, 0.15) is 0 Å². The van der Waals surface area contributed by atoms with Crippen molar-refractivity contribution < 1.29 is 9.59 Å². The summed E-state index contributed by atoms with van der Waals surface area (Å²) in [6.45, 7) is 2.05. The molecule has 3 heterocycles. The Labute approximate surface area is 193 Å². The van der Waals surface area contributed by atoms with Gasteiger partial charge in [0.05, 0.1) is 14.9 Å². The summed E-state index contributed by atoms with van der Waals surface area (Å²) in [5.74, 6) is -0.442. The maximum Gasteiger partial charge on any atom is 0.261 e. The van der Waals surface area contributed by atoms with E-state index in [1.54, 1.807) is 24.3 Å². The first-order valence-electron chi connectivity index (χ1n) is 9.09. The number of carbonyl (C=O) groups excluding carboxylic acids is 2. The zero-order chi connectivity index (χ0) is 20.4. The minimum Gasteiger partial charge on any atom is -0.347 e. The number of carbonyl (C=O) groups is 2. The van der Waals surface area contributed by atoms with Crippen LogP contribution in [0.5, 0.6) is 0 Å². The molecule has 3 aromatic rings. The molecule has 30 heavy (non-hydrogen) atoms. The van der Waals surface area contributed by atoms with Crippen molar-refractivity contribution in [2.75, 3.05) is 18.9 Å². The van der Waals surface area contributed by atoms with Gasteiger partial charge in [0, 0.05) is 30.1 Å². The fourth-order valence-electron chi connectivity index (χ4n) is 3.14. The van der Waals surface area contributed by atoms with Crippen LogP contribution in [0.1, 0.15) is 36.2 Å². The van der Waals surface area contributed by atoms with E-state index in [2.05, 4.69) is 27.6 Å². The highest BCUT2D eigenvalue weighted by atomic mass is 35.5. The number of thiophene rings is 1. The Hall–Kier alpha value is -1.97. The molecule has 0 spiro atoms. The van der Waals surface area contributed by atoms with Gasteiger partial charge < -0.3 is 10.2 Å². The van der Waals surface area contributed by atoms with Gasteiger partial charge in [-0.2, -0.15) is 0 Å². The van der Waals surface area contributed by atoms with E-state index >= 15 is 0 Å². The van der Waals surface area contributed by atoms with Crippen molar-refractivity contribution >= 4 is 63.6 Å². The maximum absolute atomic E-state index is 12.8. The number of likely N-dealkylation sites (N-methyl/N-ethyl adjacent to an activating group) is 1. The smallest absolute Gasteiger partial charge is 0.261 e. The lowest BCUT2D eigenvalue weighted by Crippen LogP contribution is -2.25. The number of anilines is 1. The van der Waals surface area contributed by atoms with E-state index in [1.165, 1.54) is 27.6 Å². The molecule has 1 aliphatic rings. The summed E-state index contributed by atoms with van der Waals surface area (Å²) >= 11 is 8.64. The number of nitrogens with one attached hydrogen (secondary N) is 2. The zero-order valence-corrected chi connectivity index (χ0v) is 19.3. The number of rotatable bonds is 5. The predicted molar refractivity (Wildman–Crippen MR) is 124 cm³/mol. The molecule has 0 saturated heterocycles. The van der Waals surface area contributed by atoms with E-state index in [4.69, 9.17) is 11.6 Å². The van der Waals surface area contributed by atoms with E-state index < -0.39 is 0 Å². The summed E-state index contributed by atoms with van der Waals surface area (Å²) in [6.07, 6.45) is 0.953. The standard InChI is InChI=1S/C20H19ClN4O2S2.ClH/c1-25-9-8-15-14(11-25)23-20(29-15)24-18(26)13-5-3-2-4-12(13)10-22-19(27)16-6-7-17(21)28-16;/h2-7H,8-11H2,1H3,(H,22,27)(H,23,24,26);1H. The molecule has 0 bridgehead atoms. The second kappa shape index (κ2) is 9.89. The number of hydrogen-bond acceptors (Lipinski definition) is 6. The number of nitrogens with zero attached hydrogens (tertiary/aromatic N) is 2. The van der Waals surface area contributed by atoms with E-state index in [0.29, 0.717) is 19.9 Å². The normalized spacial score (nSPS) is 13.3. The van der Waals surface area contributed by atoms with Gasteiger partial charge >= 0.3 is 0 Å². The van der Waals surface area contributed by atoms with Gasteiger partial charge in [-0.3, -0.25) is 14.9 Å². The van der Waals surface area contributed by atoms with Crippen LogP contribution in [-0.4, -0.2) is 35.3 Å². The van der Waals surface area contributed by atoms with Gasteiger partial charge in [-0.1, -0.05) is 29.8 Å². The SMILES string of the molecule is CN1CCc2sc(NC(=O)c3ccccc3CNC(=O)c3ccc(Cl)s3)nc2C1.Cl. The van der Waals surface area contributed by atoms with Crippen molar-refractivity contribution in [3.63, 3.8) is 0 Å². The lowest BCUT2D eigenvalue weighted by atomic mass is 10.1. The third-order valence-corrected chi connectivity index (χ3v) is 6.94. The molecule has 0 unspecified atom stereocenters. The minimum absolute atomic E-state index is 0. The molecule has 2 N–H and O–H groups in total. The summed E-state index contributed by atoms with van der Waals surface area (Å²) < 4.78 is 0.562. The second-order valence-electron chi connectivity index (χ2n) is 6.77. The van der Waals surface area contributed by atoms with E-state index in [9.17, 15) is 9.59 Å². The average Bonchev–Trinajstić information content (AvgIpc) is 3.31. The molecule has 2 aromatic heterocycles.